The number of amides is 2. The Morgan fingerprint density at radius 1 is 1.17 bits per heavy atom. The van der Waals surface area contributed by atoms with Gasteiger partial charge in [-0.2, -0.15) is 13.2 Å². The third-order valence-electron chi connectivity index (χ3n) is 5.07. The van der Waals surface area contributed by atoms with Gasteiger partial charge in [0.05, 0.1) is 0 Å². The van der Waals surface area contributed by atoms with Crippen molar-refractivity contribution in [1.29, 1.82) is 0 Å². The molecular formula is C21H29F3N2O3. The van der Waals surface area contributed by atoms with Gasteiger partial charge in [0.15, 0.2) is 6.61 Å². The number of ether oxygens (including phenoxy) is 1. The highest BCUT2D eigenvalue weighted by Crippen LogP contribution is 2.32. The first-order chi connectivity index (χ1) is 13.4. The van der Waals surface area contributed by atoms with Gasteiger partial charge in [0.25, 0.3) is 5.91 Å². The summed E-state index contributed by atoms with van der Waals surface area (Å²) in [5.74, 6) is -1.46. The van der Waals surface area contributed by atoms with E-state index >= 15 is 0 Å². The van der Waals surface area contributed by atoms with Crippen LogP contribution in [0.1, 0.15) is 44.7 Å². The number of halogens is 3. The largest absolute Gasteiger partial charge is 0.483 e. The highest BCUT2D eigenvalue weighted by atomic mass is 19.4. The molecule has 8 heteroatoms. The highest BCUT2D eigenvalue weighted by Gasteiger charge is 2.38. The molecule has 1 aromatic rings. The van der Waals surface area contributed by atoms with Crippen LogP contribution in [-0.4, -0.2) is 49.1 Å². The molecule has 2 amide bonds. The molecule has 5 nitrogen and oxygen atoms in total. The van der Waals surface area contributed by atoms with Crippen molar-refractivity contribution in [3.05, 3.63) is 29.3 Å². The topological polar surface area (TPSA) is 58.6 Å². The van der Waals surface area contributed by atoms with E-state index in [0.717, 1.165) is 11.1 Å². The fourth-order valence-electron chi connectivity index (χ4n) is 3.31. The molecule has 1 aromatic carbocycles. The summed E-state index contributed by atoms with van der Waals surface area (Å²) in [7, 11) is 0. The molecule has 0 spiro atoms. The molecule has 29 heavy (non-hydrogen) atoms. The van der Waals surface area contributed by atoms with Crippen LogP contribution >= 0.6 is 0 Å². The number of piperidine rings is 1. The number of carbonyl (C=O) groups excluding carboxylic acids is 2. The normalized spacial score (nSPS) is 15.9. The van der Waals surface area contributed by atoms with E-state index in [2.05, 4.69) is 26.8 Å². The summed E-state index contributed by atoms with van der Waals surface area (Å²) in [5.41, 5.74) is 2.03. The van der Waals surface area contributed by atoms with E-state index in [1.54, 1.807) is 4.90 Å². The second-order valence-corrected chi connectivity index (χ2v) is 8.57. The van der Waals surface area contributed by atoms with Gasteiger partial charge < -0.3 is 15.0 Å². The summed E-state index contributed by atoms with van der Waals surface area (Å²) in [4.78, 5) is 25.0. The number of benzene rings is 1. The Morgan fingerprint density at radius 3 is 2.34 bits per heavy atom. The lowest BCUT2D eigenvalue weighted by atomic mass is 9.85. The molecule has 1 N–H and O–H groups in total. The molecular weight excluding hydrogens is 385 g/mol. The van der Waals surface area contributed by atoms with Gasteiger partial charge in [-0.15, -0.1) is 0 Å². The van der Waals surface area contributed by atoms with Gasteiger partial charge in [0.2, 0.25) is 0 Å². The number of rotatable bonds is 5. The Kier molecular flexibility index (Phi) is 7.19. The fraction of sp³-hybridized carbons (Fsp3) is 0.619. The summed E-state index contributed by atoms with van der Waals surface area (Å²) < 4.78 is 42.5. The molecule has 0 radical (unpaired) electrons. The van der Waals surface area contributed by atoms with Gasteiger partial charge in [-0.05, 0) is 42.7 Å². The van der Waals surface area contributed by atoms with Gasteiger partial charge in [0, 0.05) is 19.6 Å². The minimum atomic E-state index is -4.87. The molecule has 1 aliphatic heterocycles. The monoisotopic (exact) mass is 414 g/mol. The number of carbonyl (C=O) groups is 2. The van der Waals surface area contributed by atoms with Crippen molar-refractivity contribution in [2.45, 2.75) is 52.1 Å². The molecule has 2 rings (SSSR count). The maximum atomic E-state index is 12.5. The van der Waals surface area contributed by atoms with Crippen molar-refractivity contribution in [2.24, 2.45) is 5.92 Å². The lowest BCUT2D eigenvalue weighted by molar-refractivity contribution is -0.173. The molecule has 1 fully saturated rings. The van der Waals surface area contributed by atoms with Crippen LogP contribution in [0.25, 0.3) is 0 Å². The minimum Gasteiger partial charge on any atom is -0.483 e. The molecule has 0 bridgehead atoms. The first-order valence-corrected chi connectivity index (χ1v) is 9.74. The summed E-state index contributed by atoms with van der Waals surface area (Å²) in [6.07, 6.45) is -3.78. The minimum absolute atomic E-state index is 0.0326. The van der Waals surface area contributed by atoms with E-state index in [-0.39, 0.29) is 30.4 Å². The molecule has 0 aromatic heterocycles. The Labute approximate surface area is 169 Å². The van der Waals surface area contributed by atoms with Crippen molar-refractivity contribution in [1.82, 2.24) is 10.2 Å². The molecule has 0 unspecified atom stereocenters. The van der Waals surface area contributed by atoms with Crippen molar-refractivity contribution >= 4 is 11.8 Å². The van der Waals surface area contributed by atoms with Crippen molar-refractivity contribution < 1.29 is 27.5 Å². The van der Waals surface area contributed by atoms with E-state index in [9.17, 15) is 22.8 Å². The van der Waals surface area contributed by atoms with Gasteiger partial charge in [-0.25, -0.2) is 0 Å². The van der Waals surface area contributed by atoms with E-state index in [0.29, 0.717) is 31.7 Å². The molecule has 0 saturated carbocycles. The molecule has 162 valence electrons. The molecule has 0 atom stereocenters. The van der Waals surface area contributed by atoms with E-state index in [4.69, 9.17) is 4.74 Å². The zero-order valence-electron chi connectivity index (χ0n) is 17.4. The maximum Gasteiger partial charge on any atom is 0.471 e. The Bertz CT molecular complexity index is 734. The summed E-state index contributed by atoms with van der Waals surface area (Å²) in [5, 5.41) is 1.92. The first-order valence-electron chi connectivity index (χ1n) is 9.74. The second kappa shape index (κ2) is 9.05. The van der Waals surface area contributed by atoms with Crippen molar-refractivity contribution in [3.63, 3.8) is 0 Å². The zero-order valence-corrected chi connectivity index (χ0v) is 17.4. The maximum absolute atomic E-state index is 12.5. The van der Waals surface area contributed by atoms with Crippen LogP contribution in [0, 0.1) is 12.8 Å². The van der Waals surface area contributed by atoms with Gasteiger partial charge in [-0.3, -0.25) is 9.59 Å². The van der Waals surface area contributed by atoms with Crippen molar-refractivity contribution in [3.8, 4) is 5.75 Å². The van der Waals surface area contributed by atoms with Crippen LogP contribution in [0.5, 0.6) is 5.75 Å². The van der Waals surface area contributed by atoms with Crippen LogP contribution in [0.3, 0.4) is 0 Å². The number of hydrogen-bond donors (Lipinski definition) is 1. The van der Waals surface area contributed by atoms with Crippen LogP contribution in [0.15, 0.2) is 18.2 Å². The number of nitrogens with one attached hydrogen (secondary N) is 1. The summed E-state index contributed by atoms with van der Waals surface area (Å²) in [6, 6.07) is 5.87. The lowest BCUT2D eigenvalue weighted by Gasteiger charge is -2.32. The predicted molar refractivity (Wildman–Crippen MR) is 104 cm³/mol. The fourth-order valence-corrected chi connectivity index (χ4v) is 3.31. The van der Waals surface area contributed by atoms with Crippen molar-refractivity contribution in [2.75, 3.05) is 26.2 Å². The predicted octanol–water partition coefficient (Wildman–Crippen LogP) is 3.59. The first kappa shape index (κ1) is 23.0. The average molecular weight is 414 g/mol. The molecule has 1 aliphatic rings. The lowest BCUT2D eigenvalue weighted by Crippen LogP contribution is -2.45. The van der Waals surface area contributed by atoms with Crippen LogP contribution in [0.4, 0.5) is 13.2 Å². The Balaban J connectivity index is 1.83. The number of nitrogens with zero attached hydrogens (tertiary/aromatic N) is 1. The van der Waals surface area contributed by atoms with Crippen LogP contribution < -0.4 is 10.1 Å². The van der Waals surface area contributed by atoms with E-state index < -0.39 is 12.1 Å². The number of alkyl halides is 3. The Morgan fingerprint density at radius 2 is 1.79 bits per heavy atom. The van der Waals surface area contributed by atoms with Gasteiger partial charge in [-0.1, -0.05) is 38.5 Å². The van der Waals surface area contributed by atoms with Crippen LogP contribution in [-0.2, 0) is 15.0 Å². The number of likely N-dealkylation sites (tertiary alicyclic amines) is 1. The number of aryl methyl sites for hydroxylation is 1. The average Bonchev–Trinajstić information content (AvgIpc) is 2.63. The molecule has 1 saturated heterocycles. The number of hydrogen-bond acceptors (Lipinski definition) is 3. The standard InChI is InChI=1S/C21H29F3N2O3/c1-14-5-6-17(16(11-14)20(2,3)4)29-13-18(27)26-9-7-15(8-10-26)12-25-19(28)21(22,23)24/h5-6,11,15H,7-10,12-13H2,1-4H3,(H,25,28). The van der Waals surface area contributed by atoms with E-state index in [1.165, 1.54) is 0 Å². The van der Waals surface area contributed by atoms with Gasteiger partial charge >= 0.3 is 12.1 Å². The summed E-state index contributed by atoms with van der Waals surface area (Å²) in [6.45, 7) is 9.02. The SMILES string of the molecule is Cc1ccc(OCC(=O)N2CCC(CNC(=O)C(F)(F)F)CC2)c(C(C)(C)C)c1. The Hall–Kier alpha value is -2.25. The quantitative estimate of drug-likeness (QED) is 0.801. The van der Waals surface area contributed by atoms with E-state index in [1.807, 2.05) is 24.4 Å². The molecule has 1 heterocycles. The smallest absolute Gasteiger partial charge is 0.471 e. The molecule has 0 aliphatic carbocycles. The third kappa shape index (κ3) is 6.65. The zero-order chi connectivity index (χ0) is 21.8. The summed E-state index contributed by atoms with van der Waals surface area (Å²) >= 11 is 0. The van der Waals surface area contributed by atoms with Gasteiger partial charge in [0.1, 0.15) is 5.75 Å². The van der Waals surface area contributed by atoms with Crippen LogP contribution in [0.2, 0.25) is 0 Å². The highest BCUT2D eigenvalue weighted by molar-refractivity contribution is 5.81. The second-order valence-electron chi connectivity index (χ2n) is 8.57. The third-order valence-corrected chi connectivity index (χ3v) is 5.07.